The van der Waals surface area contributed by atoms with E-state index in [1.54, 1.807) is 30.3 Å². The lowest BCUT2D eigenvalue weighted by molar-refractivity contribution is -0.121. The van der Waals surface area contributed by atoms with Crippen LogP contribution in [0.15, 0.2) is 78.9 Å². The molecule has 0 fully saturated rings. The van der Waals surface area contributed by atoms with Crippen LogP contribution in [0.1, 0.15) is 26.3 Å². The smallest absolute Gasteiger partial charge is 0.337 e. The molecule has 7 heteroatoms. The van der Waals surface area contributed by atoms with Crippen molar-refractivity contribution in [3.63, 3.8) is 0 Å². The van der Waals surface area contributed by atoms with E-state index >= 15 is 0 Å². The summed E-state index contributed by atoms with van der Waals surface area (Å²) in [5.41, 5.74) is 1.86. The van der Waals surface area contributed by atoms with E-state index in [1.165, 1.54) is 18.2 Å². The van der Waals surface area contributed by atoms with Gasteiger partial charge in [0.05, 0.1) is 17.9 Å². The van der Waals surface area contributed by atoms with Gasteiger partial charge in [-0.3, -0.25) is 9.59 Å². The Kier molecular flexibility index (Phi) is 6.91. The number of nitrogens with one attached hydrogen (secondary N) is 2. The lowest BCUT2D eigenvalue weighted by Gasteiger charge is -2.10. The van der Waals surface area contributed by atoms with Crippen LogP contribution >= 0.6 is 0 Å². The molecule has 3 aromatic rings. The molecule has 2 amide bonds. The van der Waals surface area contributed by atoms with Crippen molar-refractivity contribution in [2.75, 3.05) is 17.2 Å². The first-order valence-corrected chi connectivity index (χ1v) is 9.18. The number of ether oxygens (including phenoxy) is 1. The van der Waals surface area contributed by atoms with E-state index in [1.807, 2.05) is 30.3 Å². The highest BCUT2D eigenvalue weighted by Gasteiger charge is 2.13. The summed E-state index contributed by atoms with van der Waals surface area (Å²) in [4.78, 5) is 35.9. The fraction of sp³-hybridized carbons (Fsp3) is 0.0870. The van der Waals surface area contributed by atoms with Crippen LogP contribution < -0.4 is 10.6 Å². The van der Waals surface area contributed by atoms with Crippen molar-refractivity contribution >= 4 is 29.2 Å². The van der Waals surface area contributed by atoms with Gasteiger partial charge in [0.15, 0.2) is 0 Å². The van der Waals surface area contributed by atoms with Gasteiger partial charge in [0.2, 0.25) is 5.91 Å². The van der Waals surface area contributed by atoms with Crippen LogP contribution in [0, 0.1) is 0 Å². The Bertz CT molecular complexity index is 1050. The maximum Gasteiger partial charge on any atom is 0.337 e. The predicted molar refractivity (Wildman–Crippen MR) is 113 cm³/mol. The van der Waals surface area contributed by atoms with Gasteiger partial charge in [-0.1, -0.05) is 48.5 Å². The van der Waals surface area contributed by atoms with Crippen molar-refractivity contribution in [3.8, 4) is 0 Å². The number of aromatic carboxylic acids is 1. The van der Waals surface area contributed by atoms with Crippen LogP contribution in [0.5, 0.6) is 0 Å². The van der Waals surface area contributed by atoms with Gasteiger partial charge in [-0.2, -0.15) is 0 Å². The minimum absolute atomic E-state index is 0.00845. The molecule has 0 radical (unpaired) electrons. The molecule has 3 N–H and O–H groups in total. The summed E-state index contributed by atoms with van der Waals surface area (Å²) in [7, 11) is 0. The first-order valence-electron chi connectivity index (χ1n) is 9.18. The van der Waals surface area contributed by atoms with E-state index in [2.05, 4.69) is 10.6 Å². The van der Waals surface area contributed by atoms with E-state index in [4.69, 9.17) is 4.74 Å². The summed E-state index contributed by atoms with van der Waals surface area (Å²) < 4.78 is 5.40. The molecular formula is C23H20N2O5. The van der Waals surface area contributed by atoms with Crippen molar-refractivity contribution in [2.24, 2.45) is 0 Å². The van der Waals surface area contributed by atoms with Gasteiger partial charge in [0, 0.05) is 11.3 Å². The Balaban J connectivity index is 1.58. The fourth-order valence-corrected chi connectivity index (χ4v) is 2.74. The lowest BCUT2D eigenvalue weighted by Crippen LogP contribution is -2.19. The standard InChI is InChI=1S/C23H20N2O5/c26-21(15-30-14-16-7-2-1-3-8-16)24-18-10-6-9-17(13-18)22(27)25-20-12-5-4-11-19(20)23(28)29/h1-13H,14-15H2,(H,24,26)(H,25,27)(H,28,29). The third kappa shape index (κ3) is 5.76. The Labute approximate surface area is 173 Å². The van der Waals surface area contributed by atoms with Crippen molar-refractivity contribution in [1.82, 2.24) is 0 Å². The maximum atomic E-state index is 12.5. The minimum Gasteiger partial charge on any atom is -0.478 e. The zero-order chi connectivity index (χ0) is 21.3. The SMILES string of the molecule is O=C(COCc1ccccc1)Nc1cccc(C(=O)Nc2ccccc2C(=O)O)c1. The number of carbonyl (C=O) groups is 3. The maximum absolute atomic E-state index is 12.5. The highest BCUT2D eigenvalue weighted by Crippen LogP contribution is 2.17. The predicted octanol–water partition coefficient (Wildman–Crippen LogP) is 3.79. The largest absolute Gasteiger partial charge is 0.478 e. The Morgan fingerprint density at radius 1 is 0.833 bits per heavy atom. The second-order valence-electron chi connectivity index (χ2n) is 6.41. The Hall–Kier alpha value is -3.97. The Morgan fingerprint density at radius 2 is 1.57 bits per heavy atom. The van der Waals surface area contributed by atoms with Crippen LogP contribution in [0.2, 0.25) is 0 Å². The molecule has 0 heterocycles. The average molecular weight is 404 g/mol. The third-order valence-corrected chi connectivity index (χ3v) is 4.16. The monoisotopic (exact) mass is 404 g/mol. The number of carboxylic acid groups (broad SMARTS) is 1. The second-order valence-corrected chi connectivity index (χ2v) is 6.41. The number of rotatable bonds is 8. The summed E-state index contributed by atoms with van der Waals surface area (Å²) in [6.45, 7) is 0.191. The number of benzene rings is 3. The number of anilines is 2. The van der Waals surface area contributed by atoms with E-state index in [0.717, 1.165) is 5.56 Å². The molecule has 152 valence electrons. The molecule has 0 saturated heterocycles. The summed E-state index contributed by atoms with van der Waals surface area (Å²) in [6, 6.07) is 22.0. The molecule has 0 unspecified atom stereocenters. The molecule has 3 aromatic carbocycles. The first-order chi connectivity index (χ1) is 14.5. The number of hydrogen-bond acceptors (Lipinski definition) is 4. The van der Waals surface area contributed by atoms with E-state index in [0.29, 0.717) is 12.3 Å². The molecule has 3 rings (SSSR count). The van der Waals surface area contributed by atoms with Crippen molar-refractivity contribution in [1.29, 1.82) is 0 Å². The summed E-state index contributed by atoms with van der Waals surface area (Å²) in [5.74, 6) is -1.97. The Morgan fingerprint density at radius 3 is 2.33 bits per heavy atom. The highest BCUT2D eigenvalue weighted by molar-refractivity contribution is 6.08. The molecule has 0 aliphatic rings. The molecule has 0 aromatic heterocycles. The summed E-state index contributed by atoms with van der Waals surface area (Å²) in [6.07, 6.45) is 0. The average Bonchev–Trinajstić information content (AvgIpc) is 2.75. The quantitative estimate of drug-likeness (QED) is 0.530. The van der Waals surface area contributed by atoms with Crippen LogP contribution in [0.25, 0.3) is 0 Å². The lowest BCUT2D eigenvalue weighted by atomic mass is 10.1. The van der Waals surface area contributed by atoms with E-state index in [9.17, 15) is 19.5 Å². The summed E-state index contributed by atoms with van der Waals surface area (Å²) >= 11 is 0. The van der Waals surface area contributed by atoms with Crippen molar-refractivity contribution in [2.45, 2.75) is 6.61 Å². The molecule has 0 aliphatic heterocycles. The minimum atomic E-state index is -1.14. The number of para-hydroxylation sites is 1. The second kappa shape index (κ2) is 9.99. The van der Waals surface area contributed by atoms with E-state index in [-0.39, 0.29) is 29.3 Å². The third-order valence-electron chi connectivity index (χ3n) is 4.16. The summed E-state index contributed by atoms with van der Waals surface area (Å²) in [5, 5.41) is 14.5. The molecule has 0 aliphatic carbocycles. The van der Waals surface area contributed by atoms with Crippen molar-refractivity contribution in [3.05, 3.63) is 95.6 Å². The molecule has 7 nitrogen and oxygen atoms in total. The topological polar surface area (TPSA) is 105 Å². The van der Waals surface area contributed by atoms with Gasteiger partial charge in [-0.15, -0.1) is 0 Å². The zero-order valence-electron chi connectivity index (χ0n) is 16.0. The van der Waals surface area contributed by atoms with Crippen LogP contribution in [0.3, 0.4) is 0 Å². The number of carboxylic acids is 1. The van der Waals surface area contributed by atoms with Gasteiger partial charge in [-0.05, 0) is 35.9 Å². The van der Waals surface area contributed by atoms with Gasteiger partial charge < -0.3 is 20.5 Å². The zero-order valence-corrected chi connectivity index (χ0v) is 16.0. The van der Waals surface area contributed by atoms with E-state index < -0.39 is 11.9 Å². The number of hydrogen-bond donors (Lipinski definition) is 3. The first kappa shape index (κ1) is 20.8. The molecule has 0 bridgehead atoms. The highest BCUT2D eigenvalue weighted by atomic mass is 16.5. The molecule has 0 atom stereocenters. The van der Waals surface area contributed by atoms with Gasteiger partial charge >= 0.3 is 5.97 Å². The van der Waals surface area contributed by atoms with Crippen LogP contribution in [-0.4, -0.2) is 29.5 Å². The van der Waals surface area contributed by atoms with Gasteiger partial charge in [0.1, 0.15) is 6.61 Å². The molecular weight excluding hydrogens is 384 g/mol. The number of amides is 2. The molecule has 0 saturated carbocycles. The van der Waals surface area contributed by atoms with Crippen LogP contribution in [-0.2, 0) is 16.1 Å². The van der Waals surface area contributed by atoms with Crippen molar-refractivity contribution < 1.29 is 24.2 Å². The van der Waals surface area contributed by atoms with Gasteiger partial charge in [-0.25, -0.2) is 4.79 Å². The normalized spacial score (nSPS) is 10.3. The molecule has 30 heavy (non-hydrogen) atoms. The van der Waals surface area contributed by atoms with Crippen LogP contribution in [0.4, 0.5) is 11.4 Å². The fourth-order valence-electron chi connectivity index (χ4n) is 2.74. The molecule has 0 spiro atoms. The van der Waals surface area contributed by atoms with Gasteiger partial charge in [0.25, 0.3) is 5.91 Å². The number of carbonyl (C=O) groups excluding carboxylic acids is 2.